The highest BCUT2D eigenvalue weighted by Crippen LogP contribution is 2.27. The Morgan fingerprint density at radius 3 is 2.89 bits per heavy atom. The summed E-state index contributed by atoms with van der Waals surface area (Å²) in [7, 11) is 0. The third kappa shape index (κ3) is 5.54. The maximum atomic E-state index is 12.3. The van der Waals surface area contributed by atoms with Crippen LogP contribution in [0.2, 0.25) is 5.02 Å². The SMILES string of the molecule is Cc1nc(SCC(=O)N=c2sccn2Cc2ccccc2Cl)sc1CC(N)=O. The predicted octanol–water partition coefficient (Wildman–Crippen LogP) is 3.26. The molecular weight excluding hydrogens is 436 g/mol. The lowest BCUT2D eigenvalue weighted by atomic mass is 10.2. The molecule has 0 radical (unpaired) electrons. The molecule has 2 heterocycles. The largest absolute Gasteiger partial charge is 0.369 e. The van der Waals surface area contributed by atoms with E-state index in [9.17, 15) is 9.59 Å². The summed E-state index contributed by atoms with van der Waals surface area (Å²) >= 11 is 10.3. The van der Waals surface area contributed by atoms with Gasteiger partial charge in [-0.25, -0.2) is 4.98 Å². The molecule has 0 saturated carbocycles. The summed E-state index contributed by atoms with van der Waals surface area (Å²) < 4.78 is 2.62. The third-order valence-corrected chi connectivity index (χ3v) is 7.15. The molecule has 0 bridgehead atoms. The van der Waals surface area contributed by atoms with Crippen molar-refractivity contribution in [3.8, 4) is 0 Å². The number of aromatic nitrogens is 2. The molecule has 10 heteroatoms. The van der Waals surface area contributed by atoms with Crippen LogP contribution in [0.25, 0.3) is 0 Å². The average Bonchev–Trinajstić information content (AvgIpc) is 3.21. The molecule has 146 valence electrons. The third-order valence-electron chi connectivity index (χ3n) is 3.71. The summed E-state index contributed by atoms with van der Waals surface area (Å²) in [4.78, 5) is 33.4. The zero-order chi connectivity index (χ0) is 20.1. The van der Waals surface area contributed by atoms with E-state index >= 15 is 0 Å². The first-order valence-corrected chi connectivity index (χ1v) is 11.3. The topological polar surface area (TPSA) is 90.3 Å². The zero-order valence-electron chi connectivity index (χ0n) is 14.9. The Balaban J connectivity index is 1.67. The highest BCUT2D eigenvalue weighted by Gasteiger charge is 2.12. The normalized spacial score (nSPS) is 11.7. The van der Waals surface area contributed by atoms with Crippen LogP contribution in [0.3, 0.4) is 0 Å². The first-order chi connectivity index (χ1) is 13.4. The van der Waals surface area contributed by atoms with Crippen molar-refractivity contribution in [3.63, 3.8) is 0 Å². The Morgan fingerprint density at radius 2 is 2.14 bits per heavy atom. The van der Waals surface area contributed by atoms with Crippen molar-refractivity contribution in [2.75, 3.05) is 5.75 Å². The van der Waals surface area contributed by atoms with Crippen LogP contribution in [-0.2, 0) is 22.6 Å². The van der Waals surface area contributed by atoms with Crippen LogP contribution >= 0.6 is 46.0 Å². The van der Waals surface area contributed by atoms with E-state index in [1.54, 1.807) is 0 Å². The van der Waals surface area contributed by atoms with E-state index in [0.29, 0.717) is 16.4 Å². The average molecular weight is 453 g/mol. The van der Waals surface area contributed by atoms with Crippen molar-refractivity contribution in [2.45, 2.75) is 24.2 Å². The molecule has 6 nitrogen and oxygen atoms in total. The van der Waals surface area contributed by atoms with Crippen molar-refractivity contribution in [1.82, 2.24) is 9.55 Å². The van der Waals surface area contributed by atoms with Gasteiger partial charge in [-0.3, -0.25) is 9.59 Å². The summed E-state index contributed by atoms with van der Waals surface area (Å²) in [6.45, 7) is 2.37. The number of hydrogen-bond donors (Lipinski definition) is 1. The maximum Gasteiger partial charge on any atom is 0.258 e. The molecule has 0 saturated heterocycles. The highest BCUT2D eigenvalue weighted by molar-refractivity contribution is 8.01. The Hall–Kier alpha value is -1.94. The smallest absolute Gasteiger partial charge is 0.258 e. The van der Waals surface area contributed by atoms with Gasteiger partial charge in [0.15, 0.2) is 9.14 Å². The number of halogens is 1. The fourth-order valence-electron chi connectivity index (χ4n) is 2.37. The van der Waals surface area contributed by atoms with Crippen LogP contribution in [0, 0.1) is 6.92 Å². The molecule has 3 aromatic rings. The minimum Gasteiger partial charge on any atom is -0.369 e. The lowest BCUT2D eigenvalue weighted by Gasteiger charge is -2.05. The molecule has 0 atom stereocenters. The molecule has 0 aliphatic heterocycles. The van der Waals surface area contributed by atoms with Crippen molar-refractivity contribution in [2.24, 2.45) is 10.7 Å². The summed E-state index contributed by atoms with van der Waals surface area (Å²) in [5.74, 6) is -0.465. The van der Waals surface area contributed by atoms with Crippen LogP contribution in [0.5, 0.6) is 0 Å². The van der Waals surface area contributed by atoms with E-state index in [0.717, 1.165) is 20.5 Å². The predicted molar refractivity (Wildman–Crippen MR) is 114 cm³/mol. The molecule has 0 aliphatic rings. The van der Waals surface area contributed by atoms with Crippen LogP contribution in [0.4, 0.5) is 0 Å². The van der Waals surface area contributed by atoms with Crippen LogP contribution < -0.4 is 10.5 Å². The number of primary amides is 1. The number of nitrogens with two attached hydrogens (primary N) is 1. The second-order valence-electron chi connectivity index (χ2n) is 5.83. The second kappa shape index (κ2) is 9.51. The molecule has 0 fully saturated rings. The fourth-order valence-corrected chi connectivity index (χ4v) is 5.33. The molecule has 0 unspecified atom stereocenters. The molecule has 3 rings (SSSR count). The first kappa shape index (κ1) is 20.8. The minimum atomic E-state index is -0.393. The van der Waals surface area contributed by atoms with E-state index in [-0.39, 0.29) is 18.1 Å². The number of carbonyl (C=O) groups excluding carboxylic acids is 2. The number of carbonyl (C=O) groups is 2. The number of nitrogens with zero attached hydrogens (tertiary/aromatic N) is 3. The van der Waals surface area contributed by atoms with Gasteiger partial charge >= 0.3 is 0 Å². The lowest BCUT2D eigenvalue weighted by molar-refractivity contribution is -0.117. The monoisotopic (exact) mass is 452 g/mol. The standard InChI is InChI=1S/C18H17ClN4O2S3/c1-11-14(8-15(20)24)28-18(21-11)27-10-16(25)22-17-23(6-7-26-17)9-12-4-2-3-5-13(12)19/h2-7H,8-10H2,1H3,(H2,20,24). The van der Waals surface area contributed by atoms with Gasteiger partial charge in [0.25, 0.3) is 5.91 Å². The quantitative estimate of drug-likeness (QED) is 0.557. The van der Waals surface area contributed by atoms with E-state index in [1.807, 2.05) is 47.3 Å². The van der Waals surface area contributed by atoms with Crippen LogP contribution in [0.15, 0.2) is 45.2 Å². The Morgan fingerprint density at radius 1 is 1.36 bits per heavy atom. The maximum absolute atomic E-state index is 12.3. The minimum absolute atomic E-state index is 0.166. The van der Waals surface area contributed by atoms with E-state index in [4.69, 9.17) is 17.3 Å². The van der Waals surface area contributed by atoms with Crippen molar-refractivity contribution < 1.29 is 9.59 Å². The Labute approximate surface area is 179 Å². The summed E-state index contributed by atoms with van der Waals surface area (Å²) in [6, 6.07) is 7.59. The van der Waals surface area contributed by atoms with Gasteiger partial charge in [-0.05, 0) is 18.6 Å². The Bertz CT molecular complexity index is 1070. The number of benzene rings is 1. The summed E-state index contributed by atoms with van der Waals surface area (Å²) in [5.41, 5.74) is 6.97. The first-order valence-electron chi connectivity index (χ1n) is 8.24. The van der Waals surface area contributed by atoms with Gasteiger partial charge in [-0.15, -0.1) is 22.7 Å². The molecule has 1 aromatic carbocycles. The van der Waals surface area contributed by atoms with Gasteiger partial charge < -0.3 is 10.3 Å². The second-order valence-corrected chi connectivity index (χ2v) is 9.42. The van der Waals surface area contributed by atoms with Crippen LogP contribution in [0.1, 0.15) is 16.1 Å². The molecule has 2 aromatic heterocycles. The molecule has 0 spiro atoms. The van der Waals surface area contributed by atoms with Gasteiger partial charge in [-0.2, -0.15) is 4.99 Å². The number of thiazole rings is 2. The van der Waals surface area contributed by atoms with Crippen molar-refractivity contribution >= 4 is 57.9 Å². The number of thioether (sulfide) groups is 1. The van der Waals surface area contributed by atoms with Crippen molar-refractivity contribution in [3.05, 3.63) is 61.8 Å². The van der Waals surface area contributed by atoms with Gasteiger partial charge in [-0.1, -0.05) is 41.6 Å². The van der Waals surface area contributed by atoms with Crippen LogP contribution in [-0.4, -0.2) is 27.1 Å². The van der Waals surface area contributed by atoms with E-state index < -0.39 is 5.91 Å². The summed E-state index contributed by atoms with van der Waals surface area (Å²) in [5, 5.41) is 2.57. The van der Waals surface area contributed by atoms with Crippen molar-refractivity contribution in [1.29, 1.82) is 0 Å². The molecule has 2 amide bonds. The van der Waals surface area contributed by atoms with E-state index in [2.05, 4.69) is 9.98 Å². The lowest BCUT2D eigenvalue weighted by Crippen LogP contribution is -2.17. The number of hydrogen-bond acceptors (Lipinski definition) is 6. The summed E-state index contributed by atoms with van der Waals surface area (Å²) in [6.07, 6.45) is 2.05. The number of rotatable bonds is 7. The van der Waals surface area contributed by atoms with Gasteiger partial charge in [0, 0.05) is 21.5 Å². The number of amides is 2. The molecule has 2 N–H and O–H groups in total. The number of aryl methyl sites for hydroxylation is 1. The van der Waals surface area contributed by atoms with E-state index in [1.165, 1.54) is 34.4 Å². The zero-order valence-corrected chi connectivity index (χ0v) is 18.1. The fraction of sp³-hybridized carbons (Fsp3) is 0.222. The molecular formula is C18H17ClN4O2S3. The van der Waals surface area contributed by atoms with Gasteiger partial charge in [0.2, 0.25) is 5.91 Å². The highest BCUT2D eigenvalue weighted by atomic mass is 35.5. The van der Waals surface area contributed by atoms with Gasteiger partial charge in [0.1, 0.15) is 0 Å². The molecule has 28 heavy (non-hydrogen) atoms. The Kier molecular flexibility index (Phi) is 7.06. The molecule has 0 aliphatic carbocycles. The van der Waals surface area contributed by atoms with Gasteiger partial charge in [0.05, 0.1) is 24.4 Å².